The Morgan fingerprint density at radius 3 is 2.97 bits per heavy atom. The van der Waals surface area contributed by atoms with E-state index in [2.05, 4.69) is 20.3 Å². The van der Waals surface area contributed by atoms with Crippen LogP contribution in [-0.2, 0) is 16.0 Å². The van der Waals surface area contributed by atoms with E-state index in [1.807, 2.05) is 30.3 Å². The topological polar surface area (TPSA) is 120 Å². The Balaban J connectivity index is 1.44. The number of fused-ring (bicyclic) bond motifs is 1. The second-order valence-corrected chi connectivity index (χ2v) is 7.64. The number of aromatic nitrogens is 3. The third kappa shape index (κ3) is 5.23. The summed E-state index contributed by atoms with van der Waals surface area (Å²) in [4.78, 5) is 36.8. The van der Waals surface area contributed by atoms with Gasteiger partial charge in [-0.05, 0) is 48.1 Å². The number of aliphatic carboxylic acids is 1. The minimum absolute atomic E-state index is 0.0107. The van der Waals surface area contributed by atoms with Crippen LogP contribution in [0.4, 0.5) is 11.6 Å². The lowest BCUT2D eigenvalue weighted by molar-refractivity contribution is -0.137. The Hall–Kier alpha value is -3.88. The molecule has 9 heteroatoms. The van der Waals surface area contributed by atoms with E-state index in [-0.39, 0.29) is 24.9 Å². The molecule has 0 saturated heterocycles. The van der Waals surface area contributed by atoms with Crippen molar-refractivity contribution in [2.24, 2.45) is 0 Å². The maximum Gasteiger partial charge on any atom is 0.303 e. The molecule has 1 amide bonds. The fourth-order valence-corrected chi connectivity index (χ4v) is 3.85. The number of aromatic amines is 1. The molecule has 1 aromatic carbocycles. The first kappa shape index (κ1) is 21.4. The number of carbonyl (C=O) groups excluding carboxylic acids is 1. The lowest BCUT2D eigenvalue weighted by atomic mass is 9.90. The average molecular weight is 435 g/mol. The van der Waals surface area contributed by atoms with E-state index in [1.54, 1.807) is 29.7 Å². The molecule has 9 nitrogen and oxygen atoms in total. The molecule has 4 rings (SSSR count). The molecule has 3 N–H and O–H groups in total. The van der Waals surface area contributed by atoms with Gasteiger partial charge >= 0.3 is 5.97 Å². The zero-order chi connectivity index (χ0) is 22.3. The van der Waals surface area contributed by atoms with E-state index >= 15 is 0 Å². The molecule has 1 unspecified atom stereocenters. The van der Waals surface area contributed by atoms with E-state index in [4.69, 9.17) is 4.74 Å². The lowest BCUT2D eigenvalue weighted by Crippen LogP contribution is -2.40. The summed E-state index contributed by atoms with van der Waals surface area (Å²) in [6.45, 7) is 1.22. The molecule has 1 aliphatic rings. The van der Waals surface area contributed by atoms with Crippen molar-refractivity contribution in [2.45, 2.75) is 25.2 Å². The van der Waals surface area contributed by atoms with Gasteiger partial charge in [-0.2, -0.15) is 0 Å². The SMILES string of the molecule is O=C(O)CC(Cc1ccc2c(c1)OCC(=O)N2CCCNc1ncc[nH]1)c1cccnc1. The highest BCUT2D eigenvalue weighted by atomic mass is 16.5. The predicted molar refractivity (Wildman–Crippen MR) is 119 cm³/mol. The number of benzene rings is 1. The second kappa shape index (κ2) is 9.95. The van der Waals surface area contributed by atoms with Gasteiger partial charge in [0.15, 0.2) is 12.6 Å². The molecule has 166 valence electrons. The smallest absolute Gasteiger partial charge is 0.303 e. The quantitative estimate of drug-likeness (QED) is 0.419. The van der Waals surface area contributed by atoms with Gasteiger partial charge in [-0.3, -0.25) is 14.6 Å². The van der Waals surface area contributed by atoms with Gasteiger partial charge in [0, 0.05) is 37.9 Å². The summed E-state index contributed by atoms with van der Waals surface area (Å²) < 4.78 is 5.69. The molecule has 1 aliphatic heterocycles. The van der Waals surface area contributed by atoms with Crippen molar-refractivity contribution >= 4 is 23.5 Å². The van der Waals surface area contributed by atoms with Crippen molar-refractivity contribution in [3.63, 3.8) is 0 Å². The molecule has 0 bridgehead atoms. The number of rotatable bonds is 10. The van der Waals surface area contributed by atoms with Crippen LogP contribution in [-0.4, -0.2) is 51.6 Å². The van der Waals surface area contributed by atoms with Gasteiger partial charge in [-0.25, -0.2) is 4.98 Å². The highest BCUT2D eigenvalue weighted by Gasteiger charge is 2.26. The van der Waals surface area contributed by atoms with Gasteiger partial charge < -0.3 is 25.0 Å². The van der Waals surface area contributed by atoms with Crippen molar-refractivity contribution in [1.82, 2.24) is 15.0 Å². The summed E-state index contributed by atoms with van der Waals surface area (Å²) in [5.74, 6) is 0.206. The van der Waals surface area contributed by atoms with E-state index in [0.717, 1.165) is 23.2 Å². The maximum absolute atomic E-state index is 12.4. The van der Waals surface area contributed by atoms with Crippen LogP contribution in [0.2, 0.25) is 0 Å². The van der Waals surface area contributed by atoms with Gasteiger partial charge in [0.1, 0.15) is 5.75 Å². The Kier molecular flexibility index (Phi) is 6.64. The van der Waals surface area contributed by atoms with Crippen LogP contribution in [0.5, 0.6) is 5.75 Å². The first-order chi connectivity index (χ1) is 15.6. The van der Waals surface area contributed by atoms with Crippen LogP contribution in [0.25, 0.3) is 0 Å². The lowest BCUT2D eigenvalue weighted by Gasteiger charge is -2.30. The number of hydrogen-bond acceptors (Lipinski definition) is 6. The molecule has 0 radical (unpaired) electrons. The number of carbonyl (C=O) groups is 2. The molecule has 2 aromatic heterocycles. The first-order valence-corrected chi connectivity index (χ1v) is 10.5. The Morgan fingerprint density at radius 1 is 1.31 bits per heavy atom. The predicted octanol–water partition coefficient (Wildman–Crippen LogP) is 2.83. The zero-order valence-corrected chi connectivity index (χ0v) is 17.5. The number of carboxylic acids is 1. The number of ether oxygens (including phenoxy) is 1. The molecule has 0 aliphatic carbocycles. The van der Waals surface area contributed by atoms with E-state index in [0.29, 0.717) is 31.2 Å². The molecule has 32 heavy (non-hydrogen) atoms. The summed E-state index contributed by atoms with van der Waals surface area (Å²) in [5.41, 5.74) is 2.57. The van der Waals surface area contributed by atoms with Gasteiger partial charge in [-0.1, -0.05) is 12.1 Å². The Bertz CT molecular complexity index is 1060. The number of hydrogen-bond donors (Lipinski definition) is 3. The maximum atomic E-state index is 12.4. The van der Waals surface area contributed by atoms with Gasteiger partial charge in [-0.15, -0.1) is 0 Å². The van der Waals surface area contributed by atoms with Gasteiger partial charge in [0.25, 0.3) is 5.91 Å². The number of carboxylic acid groups (broad SMARTS) is 1. The number of anilines is 2. The van der Waals surface area contributed by atoms with Crippen LogP contribution in [0.15, 0.2) is 55.1 Å². The molecule has 3 aromatic rings. The molecule has 0 saturated carbocycles. The van der Waals surface area contributed by atoms with Crippen LogP contribution < -0.4 is 15.0 Å². The van der Waals surface area contributed by atoms with Crippen LogP contribution in [0.3, 0.4) is 0 Å². The van der Waals surface area contributed by atoms with Crippen molar-refractivity contribution in [3.8, 4) is 5.75 Å². The monoisotopic (exact) mass is 435 g/mol. The van der Waals surface area contributed by atoms with Crippen LogP contribution in [0, 0.1) is 0 Å². The molecule has 1 atom stereocenters. The van der Waals surface area contributed by atoms with E-state index in [9.17, 15) is 14.7 Å². The Labute approximate surface area is 185 Å². The van der Waals surface area contributed by atoms with Crippen molar-refractivity contribution in [3.05, 3.63) is 66.2 Å². The number of nitrogens with zero attached hydrogens (tertiary/aromatic N) is 3. The van der Waals surface area contributed by atoms with Crippen molar-refractivity contribution in [2.75, 3.05) is 29.9 Å². The third-order valence-corrected chi connectivity index (χ3v) is 5.38. The minimum atomic E-state index is -0.854. The fourth-order valence-electron chi connectivity index (χ4n) is 3.85. The molecule has 0 spiro atoms. The number of nitrogens with one attached hydrogen (secondary N) is 2. The summed E-state index contributed by atoms with van der Waals surface area (Å²) in [5, 5.41) is 12.5. The second-order valence-electron chi connectivity index (χ2n) is 7.64. The normalized spacial score (nSPS) is 13.9. The molecular formula is C23H25N5O4. The third-order valence-electron chi connectivity index (χ3n) is 5.38. The van der Waals surface area contributed by atoms with Gasteiger partial charge in [0.2, 0.25) is 0 Å². The number of amides is 1. The Morgan fingerprint density at radius 2 is 2.22 bits per heavy atom. The minimum Gasteiger partial charge on any atom is -0.482 e. The molecular weight excluding hydrogens is 410 g/mol. The van der Waals surface area contributed by atoms with Gasteiger partial charge in [0.05, 0.1) is 12.1 Å². The fraction of sp³-hybridized carbons (Fsp3) is 0.304. The number of pyridine rings is 1. The first-order valence-electron chi connectivity index (χ1n) is 10.5. The van der Waals surface area contributed by atoms with E-state index < -0.39 is 5.97 Å². The summed E-state index contributed by atoms with van der Waals surface area (Å²) in [6, 6.07) is 9.42. The average Bonchev–Trinajstić information content (AvgIpc) is 3.31. The number of imidazole rings is 1. The number of H-pyrrole nitrogens is 1. The van der Waals surface area contributed by atoms with E-state index in [1.165, 1.54) is 0 Å². The summed E-state index contributed by atoms with van der Waals surface area (Å²) in [6.07, 6.45) is 8.10. The summed E-state index contributed by atoms with van der Waals surface area (Å²) in [7, 11) is 0. The van der Waals surface area contributed by atoms with Crippen LogP contribution in [0.1, 0.15) is 29.9 Å². The highest BCUT2D eigenvalue weighted by molar-refractivity contribution is 5.97. The highest BCUT2D eigenvalue weighted by Crippen LogP contribution is 2.35. The van der Waals surface area contributed by atoms with Crippen molar-refractivity contribution < 1.29 is 19.4 Å². The van der Waals surface area contributed by atoms with Crippen molar-refractivity contribution in [1.29, 1.82) is 0 Å². The molecule has 0 fully saturated rings. The van der Waals surface area contributed by atoms with Crippen LogP contribution >= 0.6 is 0 Å². The summed E-state index contributed by atoms with van der Waals surface area (Å²) >= 11 is 0. The molecule has 3 heterocycles. The largest absolute Gasteiger partial charge is 0.482 e. The standard InChI is InChI=1S/C23H25N5O4/c29-21-15-32-20-12-16(11-18(13-22(30)31)17-3-1-6-24-14-17)4-5-19(20)28(21)10-2-7-25-23-26-8-9-27-23/h1,3-6,8-9,12,14,18H,2,7,10-11,13,15H2,(H,30,31)(H2,25,26,27). The zero-order valence-electron chi connectivity index (χ0n) is 17.5.